The Morgan fingerprint density at radius 1 is 1.20 bits per heavy atom. The van der Waals surface area contributed by atoms with E-state index in [0.29, 0.717) is 11.1 Å². The van der Waals surface area contributed by atoms with Crippen LogP contribution in [0.15, 0.2) is 53.7 Å². The molecule has 25 heavy (non-hydrogen) atoms. The number of benzene rings is 2. The molecule has 0 atom stereocenters. The fourth-order valence-corrected chi connectivity index (χ4v) is 2.82. The van der Waals surface area contributed by atoms with Gasteiger partial charge in [-0.3, -0.25) is 4.79 Å². The summed E-state index contributed by atoms with van der Waals surface area (Å²) in [5.41, 5.74) is 13.0. The van der Waals surface area contributed by atoms with Crippen LogP contribution in [0.5, 0.6) is 0 Å². The van der Waals surface area contributed by atoms with Crippen molar-refractivity contribution < 1.29 is 14.3 Å². The van der Waals surface area contributed by atoms with E-state index in [1.165, 1.54) is 12.1 Å². The summed E-state index contributed by atoms with van der Waals surface area (Å²) in [6.45, 7) is 0.290. The van der Waals surface area contributed by atoms with Crippen molar-refractivity contribution in [3.63, 3.8) is 0 Å². The van der Waals surface area contributed by atoms with Crippen LogP contribution in [0, 0.1) is 5.82 Å². The number of hydrogen-bond acceptors (Lipinski definition) is 2. The molecule has 0 aliphatic heterocycles. The number of carbonyl (C=O) groups is 1. The van der Waals surface area contributed by atoms with Gasteiger partial charge >= 0.3 is 5.97 Å². The fraction of sp³-hybridized carbons (Fsp3) is 0.105. The second kappa shape index (κ2) is 7.03. The highest BCUT2D eigenvalue weighted by atomic mass is 19.1. The second-order valence-electron chi connectivity index (χ2n) is 5.66. The summed E-state index contributed by atoms with van der Waals surface area (Å²) < 4.78 is 13.5. The Morgan fingerprint density at radius 3 is 2.64 bits per heavy atom. The summed E-state index contributed by atoms with van der Waals surface area (Å²) in [5.74, 6) is -1.34. The predicted molar refractivity (Wildman–Crippen MR) is 93.8 cm³/mol. The Kier molecular flexibility index (Phi) is 4.64. The van der Waals surface area contributed by atoms with Gasteiger partial charge in [0.1, 0.15) is 5.82 Å². The average Bonchev–Trinajstić information content (AvgIpc) is 2.90. The van der Waals surface area contributed by atoms with Gasteiger partial charge in [-0.05, 0) is 63.2 Å². The quantitative estimate of drug-likeness (QED) is 0.471. The number of hydrogen-bond donors (Lipinski definition) is 1. The van der Waals surface area contributed by atoms with Crippen LogP contribution in [0.3, 0.4) is 0 Å². The zero-order valence-corrected chi connectivity index (χ0v) is 13.2. The van der Waals surface area contributed by atoms with Crippen molar-refractivity contribution in [2.24, 2.45) is 5.11 Å². The van der Waals surface area contributed by atoms with E-state index in [4.69, 9.17) is 10.6 Å². The minimum atomic E-state index is -0.954. The smallest absolute Gasteiger partial charge is 0.307 e. The first-order chi connectivity index (χ1) is 12.1. The summed E-state index contributed by atoms with van der Waals surface area (Å²) in [5, 5.41) is 12.6. The van der Waals surface area contributed by atoms with E-state index in [-0.39, 0.29) is 13.0 Å². The molecule has 1 aliphatic carbocycles. The van der Waals surface area contributed by atoms with Gasteiger partial charge in [0.25, 0.3) is 0 Å². The van der Waals surface area contributed by atoms with Gasteiger partial charge in [0.2, 0.25) is 0 Å². The third kappa shape index (κ3) is 3.76. The first-order valence-corrected chi connectivity index (χ1v) is 7.61. The fourth-order valence-electron chi connectivity index (χ4n) is 2.82. The standard InChI is InChI=1S/C19H14FN3O2/c20-16-5-6-17-14(8-15(9-19(24)25)18(17)10-16)7-12-1-3-13(4-2-12)11-22-23-21/h1-8,10H,9,11H2,(H,24,25). The molecule has 124 valence electrons. The lowest BCUT2D eigenvalue weighted by Gasteiger charge is -2.04. The highest BCUT2D eigenvalue weighted by Crippen LogP contribution is 2.38. The Labute approximate surface area is 143 Å². The molecule has 0 saturated carbocycles. The van der Waals surface area contributed by atoms with Crippen molar-refractivity contribution in [1.82, 2.24) is 0 Å². The molecule has 0 fully saturated rings. The lowest BCUT2D eigenvalue weighted by molar-refractivity contribution is -0.135. The molecule has 0 bridgehead atoms. The maximum atomic E-state index is 13.5. The maximum absolute atomic E-state index is 13.5. The summed E-state index contributed by atoms with van der Waals surface area (Å²) in [7, 11) is 0. The SMILES string of the molecule is [N-]=[N+]=NCc1ccc(C=C2C=C(CC(=O)O)c3cc(F)ccc32)cc1. The Hall–Kier alpha value is -3.37. The van der Waals surface area contributed by atoms with Gasteiger partial charge in [0, 0.05) is 4.91 Å². The third-order valence-corrected chi connectivity index (χ3v) is 3.93. The number of aliphatic carboxylic acids is 1. The van der Waals surface area contributed by atoms with Gasteiger partial charge in [-0.25, -0.2) is 4.39 Å². The molecule has 3 rings (SSSR count). The molecule has 0 radical (unpaired) electrons. The Balaban J connectivity index is 1.96. The van der Waals surface area contributed by atoms with Crippen molar-refractivity contribution in [2.45, 2.75) is 13.0 Å². The molecule has 2 aromatic rings. The lowest BCUT2D eigenvalue weighted by Crippen LogP contribution is -1.96. The van der Waals surface area contributed by atoms with E-state index in [1.807, 2.05) is 30.3 Å². The van der Waals surface area contributed by atoms with E-state index in [1.54, 1.807) is 12.1 Å². The molecule has 5 nitrogen and oxygen atoms in total. The van der Waals surface area contributed by atoms with Crippen molar-refractivity contribution in [2.75, 3.05) is 0 Å². The molecule has 1 aliphatic rings. The van der Waals surface area contributed by atoms with Crippen molar-refractivity contribution >= 4 is 23.2 Å². The van der Waals surface area contributed by atoms with Crippen LogP contribution in [0.2, 0.25) is 0 Å². The number of halogens is 1. The van der Waals surface area contributed by atoms with Gasteiger partial charge in [0.15, 0.2) is 0 Å². The number of fused-ring (bicyclic) bond motifs is 1. The highest BCUT2D eigenvalue weighted by molar-refractivity contribution is 6.04. The molecule has 0 amide bonds. The second-order valence-corrected chi connectivity index (χ2v) is 5.66. The molecular formula is C19H14FN3O2. The number of nitrogens with zero attached hydrogens (tertiary/aromatic N) is 3. The van der Waals surface area contributed by atoms with Crippen LogP contribution in [0.4, 0.5) is 4.39 Å². The molecule has 2 aromatic carbocycles. The predicted octanol–water partition coefficient (Wildman–Crippen LogP) is 5.05. The zero-order valence-electron chi connectivity index (χ0n) is 13.2. The molecule has 0 unspecified atom stereocenters. The molecule has 1 N–H and O–H groups in total. The lowest BCUT2D eigenvalue weighted by atomic mass is 10.0. The first kappa shape index (κ1) is 16.5. The largest absolute Gasteiger partial charge is 0.481 e. The number of rotatable bonds is 5. The molecule has 0 aromatic heterocycles. The monoisotopic (exact) mass is 335 g/mol. The van der Waals surface area contributed by atoms with Gasteiger partial charge in [-0.15, -0.1) is 0 Å². The number of carboxylic acid groups (broad SMARTS) is 1. The van der Waals surface area contributed by atoms with Crippen molar-refractivity contribution in [3.8, 4) is 0 Å². The number of azide groups is 1. The normalized spacial score (nSPS) is 14.0. The van der Waals surface area contributed by atoms with Crippen LogP contribution < -0.4 is 0 Å². The van der Waals surface area contributed by atoms with Gasteiger partial charge in [-0.1, -0.05) is 35.4 Å². The molecule has 0 saturated heterocycles. The summed E-state index contributed by atoms with van der Waals surface area (Å²) in [4.78, 5) is 13.8. The van der Waals surface area contributed by atoms with Crippen molar-refractivity contribution in [1.29, 1.82) is 0 Å². The average molecular weight is 335 g/mol. The maximum Gasteiger partial charge on any atom is 0.307 e. The first-order valence-electron chi connectivity index (χ1n) is 7.61. The van der Waals surface area contributed by atoms with Gasteiger partial charge in [-0.2, -0.15) is 0 Å². The van der Waals surface area contributed by atoms with E-state index in [0.717, 1.165) is 22.3 Å². The molecular weight excluding hydrogens is 321 g/mol. The minimum Gasteiger partial charge on any atom is -0.481 e. The van der Waals surface area contributed by atoms with E-state index in [9.17, 15) is 9.18 Å². The van der Waals surface area contributed by atoms with E-state index < -0.39 is 11.8 Å². The van der Waals surface area contributed by atoms with Crippen LogP contribution in [0.25, 0.3) is 27.7 Å². The van der Waals surface area contributed by atoms with Gasteiger partial charge in [0.05, 0.1) is 13.0 Å². The molecule has 0 heterocycles. The Morgan fingerprint density at radius 2 is 1.96 bits per heavy atom. The van der Waals surface area contributed by atoms with E-state index in [2.05, 4.69) is 10.0 Å². The summed E-state index contributed by atoms with van der Waals surface area (Å²) in [6, 6.07) is 11.9. The highest BCUT2D eigenvalue weighted by Gasteiger charge is 2.20. The van der Waals surface area contributed by atoms with E-state index >= 15 is 0 Å². The van der Waals surface area contributed by atoms with Gasteiger partial charge < -0.3 is 5.11 Å². The van der Waals surface area contributed by atoms with Crippen molar-refractivity contribution in [3.05, 3.63) is 87.1 Å². The molecule has 0 spiro atoms. The summed E-state index contributed by atoms with van der Waals surface area (Å²) >= 11 is 0. The van der Waals surface area contributed by atoms with Crippen LogP contribution in [-0.2, 0) is 11.3 Å². The molecule has 6 heteroatoms. The Bertz CT molecular complexity index is 940. The number of carboxylic acids is 1. The third-order valence-electron chi connectivity index (χ3n) is 3.93. The minimum absolute atomic E-state index is 0.154. The topological polar surface area (TPSA) is 86.1 Å². The zero-order chi connectivity index (χ0) is 17.8. The van der Waals surface area contributed by atoms with Crippen LogP contribution in [0.1, 0.15) is 28.7 Å². The number of allylic oxidation sites excluding steroid dienone is 2. The van der Waals surface area contributed by atoms with Crippen LogP contribution >= 0.6 is 0 Å². The summed E-state index contributed by atoms with van der Waals surface area (Å²) in [6.07, 6.45) is 3.55. The van der Waals surface area contributed by atoms with Crippen LogP contribution in [-0.4, -0.2) is 11.1 Å².